The minimum Gasteiger partial charge on any atom is -0.339 e. The van der Waals surface area contributed by atoms with Crippen LogP contribution in [0, 0.1) is 17.8 Å². The molecule has 1 amide bonds. The summed E-state index contributed by atoms with van der Waals surface area (Å²) in [5, 5.41) is 3.48. The lowest BCUT2D eigenvalue weighted by Crippen LogP contribution is -2.57. The van der Waals surface area contributed by atoms with Gasteiger partial charge in [0.15, 0.2) is 0 Å². The molecule has 5 atom stereocenters. The van der Waals surface area contributed by atoms with E-state index >= 15 is 0 Å². The summed E-state index contributed by atoms with van der Waals surface area (Å²) in [6.45, 7) is 6.08. The van der Waals surface area contributed by atoms with Crippen LogP contribution in [0.4, 0.5) is 0 Å². The number of carbonyl (C=O) groups is 1. The van der Waals surface area contributed by atoms with Crippen molar-refractivity contribution in [3.05, 3.63) is 12.2 Å². The van der Waals surface area contributed by atoms with Crippen LogP contribution >= 0.6 is 0 Å². The molecule has 3 aliphatic rings. The first-order valence-corrected chi connectivity index (χ1v) is 6.86. The second-order valence-corrected chi connectivity index (χ2v) is 6.10. The highest BCUT2D eigenvalue weighted by molar-refractivity contribution is 5.80. The van der Waals surface area contributed by atoms with Gasteiger partial charge in [0.1, 0.15) is 0 Å². The molecule has 2 aliphatic carbocycles. The summed E-state index contributed by atoms with van der Waals surface area (Å²) >= 11 is 0. The molecule has 94 valence electrons. The fourth-order valence-electron chi connectivity index (χ4n) is 3.81. The van der Waals surface area contributed by atoms with Crippen molar-refractivity contribution in [1.82, 2.24) is 10.2 Å². The van der Waals surface area contributed by atoms with Gasteiger partial charge in [-0.1, -0.05) is 12.2 Å². The van der Waals surface area contributed by atoms with Gasteiger partial charge in [-0.3, -0.25) is 4.79 Å². The third-order valence-electron chi connectivity index (χ3n) is 4.47. The number of allylic oxidation sites excluding steroid dienone is 2. The first-order valence-electron chi connectivity index (χ1n) is 6.86. The lowest BCUT2D eigenvalue weighted by atomic mass is 9.91. The molecule has 1 aliphatic heterocycles. The molecule has 0 aromatic rings. The molecule has 3 nitrogen and oxygen atoms in total. The van der Waals surface area contributed by atoms with E-state index in [1.165, 1.54) is 6.42 Å². The molecule has 0 radical (unpaired) electrons. The highest BCUT2D eigenvalue weighted by Gasteiger charge is 2.42. The topological polar surface area (TPSA) is 32.3 Å². The van der Waals surface area contributed by atoms with Gasteiger partial charge in [-0.2, -0.15) is 0 Å². The van der Waals surface area contributed by atoms with E-state index in [0.29, 0.717) is 29.8 Å². The fraction of sp³-hybridized carbons (Fsp3) is 0.786. The van der Waals surface area contributed by atoms with Crippen molar-refractivity contribution in [2.24, 2.45) is 17.8 Å². The summed E-state index contributed by atoms with van der Waals surface area (Å²) in [7, 11) is 0. The van der Waals surface area contributed by atoms with Crippen molar-refractivity contribution in [3.8, 4) is 0 Å². The van der Waals surface area contributed by atoms with Crippen molar-refractivity contribution in [2.75, 3.05) is 13.1 Å². The predicted molar refractivity (Wildman–Crippen MR) is 67.5 cm³/mol. The molecule has 3 heteroatoms. The number of nitrogens with zero attached hydrogens (tertiary/aromatic N) is 1. The van der Waals surface area contributed by atoms with Crippen LogP contribution < -0.4 is 5.32 Å². The number of piperazine rings is 1. The Bertz CT molecular complexity index is 342. The zero-order valence-corrected chi connectivity index (χ0v) is 10.7. The van der Waals surface area contributed by atoms with Crippen molar-refractivity contribution < 1.29 is 4.79 Å². The maximum atomic E-state index is 12.5. The standard InChI is InChI=1S/C14H22N2O/c1-9-7-16(8-10(2)15-9)14(17)13-6-11-3-4-12(13)5-11/h3-4,9-13,15H,5-8H2,1-2H3. The Kier molecular flexibility index (Phi) is 2.74. The van der Waals surface area contributed by atoms with Gasteiger partial charge in [0.25, 0.3) is 0 Å². The number of rotatable bonds is 1. The van der Waals surface area contributed by atoms with E-state index in [2.05, 4.69) is 36.2 Å². The second kappa shape index (κ2) is 4.13. The van der Waals surface area contributed by atoms with Gasteiger partial charge in [-0.25, -0.2) is 0 Å². The van der Waals surface area contributed by atoms with E-state index in [4.69, 9.17) is 0 Å². The Labute approximate surface area is 103 Å². The summed E-state index contributed by atoms with van der Waals surface area (Å²) in [4.78, 5) is 14.6. The number of amides is 1. The second-order valence-electron chi connectivity index (χ2n) is 6.10. The molecule has 1 saturated carbocycles. The number of nitrogens with one attached hydrogen (secondary N) is 1. The Morgan fingerprint density at radius 3 is 2.41 bits per heavy atom. The van der Waals surface area contributed by atoms with E-state index in [0.717, 1.165) is 19.5 Å². The van der Waals surface area contributed by atoms with Crippen LogP contribution in [0.25, 0.3) is 0 Å². The molecule has 2 bridgehead atoms. The van der Waals surface area contributed by atoms with Crippen LogP contribution in [0.5, 0.6) is 0 Å². The Hall–Kier alpha value is -0.830. The molecule has 0 spiro atoms. The summed E-state index contributed by atoms with van der Waals surface area (Å²) in [5.74, 6) is 1.91. The minimum atomic E-state index is 0.280. The normalized spacial score (nSPS) is 44.4. The summed E-state index contributed by atoms with van der Waals surface area (Å²) in [6, 6.07) is 0.855. The van der Waals surface area contributed by atoms with Crippen LogP contribution in [-0.2, 0) is 4.79 Å². The van der Waals surface area contributed by atoms with Crippen LogP contribution in [0.2, 0.25) is 0 Å². The van der Waals surface area contributed by atoms with Gasteiger partial charge in [0.2, 0.25) is 5.91 Å². The van der Waals surface area contributed by atoms with Gasteiger partial charge in [0, 0.05) is 31.1 Å². The van der Waals surface area contributed by atoms with E-state index in [1.54, 1.807) is 0 Å². The largest absolute Gasteiger partial charge is 0.339 e. The van der Waals surface area contributed by atoms with Crippen LogP contribution in [0.3, 0.4) is 0 Å². The zero-order valence-electron chi connectivity index (χ0n) is 10.7. The van der Waals surface area contributed by atoms with Crippen molar-refractivity contribution in [3.63, 3.8) is 0 Å². The molecule has 1 heterocycles. The summed E-state index contributed by atoms with van der Waals surface area (Å²) < 4.78 is 0. The summed E-state index contributed by atoms with van der Waals surface area (Å²) in [5.41, 5.74) is 0. The van der Waals surface area contributed by atoms with Crippen LogP contribution in [0.1, 0.15) is 26.7 Å². The van der Waals surface area contributed by atoms with Gasteiger partial charge in [0.05, 0.1) is 0 Å². The average molecular weight is 234 g/mol. The Morgan fingerprint density at radius 2 is 1.88 bits per heavy atom. The number of hydrogen-bond donors (Lipinski definition) is 1. The molecule has 5 unspecified atom stereocenters. The maximum absolute atomic E-state index is 12.5. The highest BCUT2D eigenvalue weighted by atomic mass is 16.2. The number of hydrogen-bond acceptors (Lipinski definition) is 2. The van der Waals surface area contributed by atoms with E-state index in [1.807, 2.05) is 0 Å². The fourth-order valence-corrected chi connectivity index (χ4v) is 3.81. The molecular weight excluding hydrogens is 212 g/mol. The third-order valence-corrected chi connectivity index (χ3v) is 4.47. The minimum absolute atomic E-state index is 0.280. The Balaban J connectivity index is 1.68. The zero-order chi connectivity index (χ0) is 12.0. The molecule has 1 N–H and O–H groups in total. The molecule has 2 fully saturated rings. The number of fused-ring (bicyclic) bond motifs is 2. The van der Waals surface area contributed by atoms with E-state index in [-0.39, 0.29) is 5.92 Å². The molecular formula is C14H22N2O. The first-order chi connectivity index (χ1) is 8.13. The van der Waals surface area contributed by atoms with Crippen molar-refractivity contribution in [1.29, 1.82) is 0 Å². The molecule has 3 rings (SSSR count). The first kappa shape index (κ1) is 11.3. The smallest absolute Gasteiger partial charge is 0.226 e. The molecule has 1 saturated heterocycles. The van der Waals surface area contributed by atoms with E-state index in [9.17, 15) is 4.79 Å². The van der Waals surface area contributed by atoms with Gasteiger partial charge in [-0.05, 0) is 38.5 Å². The molecule has 17 heavy (non-hydrogen) atoms. The summed E-state index contributed by atoms with van der Waals surface area (Å²) in [6.07, 6.45) is 6.88. The lowest BCUT2D eigenvalue weighted by Gasteiger charge is -2.38. The quantitative estimate of drug-likeness (QED) is 0.696. The van der Waals surface area contributed by atoms with Gasteiger partial charge < -0.3 is 10.2 Å². The van der Waals surface area contributed by atoms with Crippen LogP contribution in [-0.4, -0.2) is 36.0 Å². The van der Waals surface area contributed by atoms with Gasteiger partial charge >= 0.3 is 0 Å². The Morgan fingerprint density at radius 1 is 1.18 bits per heavy atom. The predicted octanol–water partition coefficient (Wildman–Crippen LogP) is 1.41. The van der Waals surface area contributed by atoms with Gasteiger partial charge in [-0.15, -0.1) is 0 Å². The van der Waals surface area contributed by atoms with Crippen LogP contribution in [0.15, 0.2) is 12.2 Å². The third kappa shape index (κ3) is 2.01. The van der Waals surface area contributed by atoms with Crippen molar-refractivity contribution in [2.45, 2.75) is 38.8 Å². The monoisotopic (exact) mass is 234 g/mol. The number of carbonyl (C=O) groups excluding carboxylic acids is 1. The SMILES string of the molecule is CC1CN(C(=O)C2CC3C=CC2C3)CC(C)N1. The average Bonchev–Trinajstić information content (AvgIpc) is 2.88. The lowest BCUT2D eigenvalue weighted by molar-refractivity contribution is -0.138. The molecule has 0 aromatic heterocycles. The van der Waals surface area contributed by atoms with E-state index < -0.39 is 0 Å². The highest BCUT2D eigenvalue weighted by Crippen LogP contribution is 2.44. The maximum Gasteiger partial charge on any atom is 0.226 e. The molecule has 0 aromatic carbocycles. The van der Waals surface area contributed by atoms with Crippen molar-refractivity contribution >= 4 is 5.91 Å².